The highest BCUT2D eigenvalue weighted by atomic mass is 32.2. The van der Waals surface area contributed by atoms with E-state index in [4.69, 9.17) is 14.6 Å². The van der Waals surface area contributed by atoms with Crippen LogP contribution in [-0.2, 0) is 14.3 Å². The van der Waals surface area contributed by atoms with Crippen LogP contribution in [0.4, 0.5) is 4.79 Å². The van der Waals surface area contributed by atoms with Crippen LogP contribution in [0.1, 0.15) is 25.7 Å². The SMILES string of the molecule is O=C(CCCC[C@@H]1SCC2NC(=O)NC21)NCCOCCOCCO. The van der Waals surface area contributed by atoms with Crippen LogP contribution in [0.2, 0.25) is 0 Å². The number of thioether (sulfide) groups is 1. The molecule has 2 rings (SSSR count). The van der Waals surface area contributed by atoms with Gasteiger partial charge in [0, 0.05) is 24.0 Å². The van der Waals surface area contributed by atoms with E-state index in [0.717, 1.165) is 25.0 Å². The maximum atomic E-state index is 11.7. The predicted molar refractivity (Wildman–Crippen MR) is 95.7 cm³/mol. The average Bonchev–Trinajstić information content (AvgIpc) is 3.13. The van der Waals surface area contributed by atoms with E-state index in [1.807, 2.05) is 11.8 Å². The van der Waals surface area contributed by atoms with Gasteiger partial charge < -0.3 is 30.5 Å². The van der Waals surface area contributed by atoms with Crippen molar-refractivity contribution in [3.05, 3.63) is 0 Å². The molecule has 0 spiro atoms. The third kappa shape index (κ3) is 7.39. The zero-order valence-electron chi connectivity index (χ0n) is 14.5. The Balaban J connectivity index is 1.41. The lowest BCUT2D eigenvalue weighted by molar-refractivity contribution is -0.121. The van der Waals surface area contributed by atoms with Crippen molar-refractivity contribution in [3.8, 4) is 0 Å². The molecule has 4 N–H and O–H groups in total. The molecule has 0 aromatic rings. The van der Waals surface area contributed by atoms with E-state index in [9.17, 15) is 9.59 Å². The second-order valence-corrected chi connectivity index (χ2v) is 7.44. The number of aliphatic hydroxyl groups excluding tert-OH is 1. The lowest BCUT2D eigenvalue weighted by Gasteiger charge is -2.16. The summed E-state index contributed by atoms with van der Waals surface area (Å²) in [4.78, 5) is 23.1. The molecule has 0 bridgehead atoms. The molecular weight excluding hydrogens is 346 g/mol. The number of carbonyl (C=O) groups is 2. The third-order valence-corrected chi connectivity index (χ3v) is 5.77. The van der Waals surface area contributed by atoms with E-state index in [2.05, 4.69) is 16.0 Å². The molecule has 0 aliphatic carbocycles. The summed E-state index contributed by atoms with van der Waals surface area (Å²) < 4.78 is 10.4. The standard InChI is InChI=1S/C16H29N3O5S/c20-6-8-24-10-9-23-7-5-17-14(21)4-2-1-3-13-15-12(11-25-13)18-16(22)19-15/h12-13,15,20H,1-11H2,(H,17,21)(H2,18,19,22)/t12?,13-,15?/m0/s1. The summed E-state index contributed by atoms with van der Waals surface area (Å²) in [5.41, 5.74) is 0. The molecule has 3 atom stereocenters. The first-order valence-electron chi connectivity index (χ1n) is 8.92. The predicted octanol–water partition coefficient (Wildman–Crippen LogP) is -0.146. The van der Waals surface area contributed by atoms with E-state index < -0.39 is 0 Å². The summed E-state index contributed by atoms with van der Waals surface area (Å²) in [6.45, 7) is 2.21. The zero-order valence-corrected chi connectivity index (χ0v) is 15.3. The van der Waals surface area contributed by atoms with Crippen LogP contribution < -0.4 is 16.0 Å². The number of rotatable bonds is 13. The van der Waals surface area contributed by atoms with Crippen molar-refractivity contribution in [1.29, 1.82) is 0 Å². The van der Waals surface area contributed by atoms with Crippen molar-refractivity contribution < 1.29 is 24.2 Å². The van der Waals surface area contributed by atoms with Crippen LogP contribution in [0.25, 0.3) is 0 Å². The number of fused-ring (bicyclic) bond motifs is 1. The number of amides is 3. The number of urea groups is 1. The molecule has 0 aromatic heterocycles. The van der Waals surface area contributed by atoms with Crippen LogP contribution in [0.3, 0.4) is 0 Å². The van der Waals surface area contributed by atoms with Gasteiger partial charge in [0.1, 0.15) is 0 Å². The van der Waals surface area contributed by atoms with Gasteiger partial charge in [0.25, 0.3) is 0 Å². The van der Waals surface area contributed by atoms with Crippen LogP contribution in [0, 0.1) is 0 Å². The Morgan fingerprint density at radius 1 is 1.20 bits per heavy atom. The minimum Gasteiger partial charge on any atom is -0.394 e. The Kier molecular flexibility index (Phi) is 9.38. The lowest BCUT2D eigenvalue weighted by Crippen LogP contribution is -2.36. The van der Waals surface area contributed by atoms with Gasteiger partial charge in [-0.1, -0.05) is 6.42 Å². The number of unbranched alkanes of at least 4 members (excludes halogenated alkanes) is 1. The summed E-state index contributed by atoms with van der Waals surface area (Å²) in [6.07, 6.45) is 3.40. The molecule has 2 heterocycles. The summed E-state index contributed by atoms with van der Waals surface area (Å²) >= 11 is 1.90. The van der Waals surface area contributed by atoms with E-state index in [1.54, 1.807) is 0 Å². The quantitative estimate of drug-likeness (QED) is 0.263. The van der Waals surface area contributed by atoms with Gasteiger partial charge in [-0.05, 0) is 12.8 Å². The molecule has 2 saturated heterocycles. The van der Waals surface area contributed by atoms with Gasteiger partial charge >= 0.3 is 6.03 Å². The molecule has 0 saturated carbocycles. The van der Waals surface area contributed by atoms with Crippen molar-refractivity contribution in [3.63, 3.8) is 0 Å². The highest BCUT2D eigenvalue weighted by Crippen LogP contribution is 2.33. The first-order chi connectivity index (χ1) is 12.2. The van der Waals surface area contributed by atoms with Gasteiger partial charge in [-0.2, -0.15) is 11.8 Å². The monoisotopic (exact) mass is 375 g/mol. The van der Waals surface area contributed by atoms with E-state index >= 15 is 0 Å². The molecule has 2 aliphatic rings. The maximum Gasteiger partial charge on any atom is 0.315 e. The molecule has 0 radical (unpaired) electrons. The fraction of sp³-hybridized carbons (Fsp3) is 0.875. The number of nitrogens with one attached hydrogen (secondary N) is 3. The largest absolute Gasteiger partial charge is 0.394 e. The minimum atomic E-state index is -0.0538. The minimum absolute atomic E-state index is 0.0161. The number of hydrogen-bond donors (Lipinski definition) is 4. The second-order valence-electron chi connectivity index (χ2n) is 6.17. The number of aliphatic hydroxyl groups is 1. The van der Waals surface area contributed by atoms with Gasteiger partial charge in [0.2, 0.25) is 5.91 Å². The maximum absolute atomic E-state index is 11.7. The lowest BCUT2D eigenvalue weighted by atomic mass is 10.0. The first-order valence-corrected chi connectivity index (χ1v) is 9.97. The van der Waals surface area contributed by atoms with Crippen molar-refractivity contribution in [2.45, 2.75) is 43.0 Å². The molecule has 9 heteroatoms. The fourth-order valence-electron chi connectivity index (χ4n) is 3.01. The molecule has 2 unspecified atom stereocenters. The van der Waals surface area contributed by atoms with E-state index in [-0.39, 0.29) is 30.6 Å². The molecule has 3 amide bonds. The van der Waals surface area contributed by atoms with Gasteiger partial charge in [0.15, 0.2) is 0 Å². The number of hydrogen-bond acceptors (Lipinski definition) is 6. The molecular formula is C16H29N3O5S. The van der Waals surface area contributed by atoms with Gasteiger partial charge in [-0.15, -0.1) is 0 Å². The summed E-state index contributed by atoms with van der Waals surface area (Å²) in [5.74, 6) is 1.02. The van der Waals surface area contributed by atoms with Crippen LogP contribution in [-0.4, -0.2) is 79.7 Å². The van der Waals surface area contributed by atoms with Gasteiger partial charge in [-0.25, -0.2) is 4.79 Å². The highest BCUT2D eigenvalue weighted by Gasteiger charge is 2.42. The summed E-state index contributed by atoms with van der Waals surface area (Å²) in [7, 11) is 0. The van der Waals surface area contributed by atoms with E-state index in [0.29, 0.717) is 44.6 Å². The molecule has 144 valence electrons. The van der Waals surface area contributed by atoms with E-state index in [1.165, 1.54) is 0 Å². The smallest absolute Gasteiger partial charge is 0.315 e. The topological polar surface area (TPSA) is 109 Å². The van der Waals surface area contributed by atoms with Crippen LogP contribution in [0.15, 0.2) is 0 Å². The molecule has 8 nitrogen and oxygen atoms in total. The Hall–Kier alpha value is -1.03. The molecule has 0 aromatic carbocycles. The third-order valence-electron chi connectivity index (χ3n) is 4.26. The molecule has 2 aliphatic heterocycles. The number of ether oxygens (including phenoxy) is 2. The Morgan fingerprint density at radius 2 is 2.00 bits per heavy atom. The second kappa shape index (κ2) is 11.6. The highest BCUT2D eigenvalue weighted by molar-refractivity contribution is 8.00. The van der Waals surface area contributed by atoms with Crippen LogP contribution in [0.5, 0.6) is 0 Å². The Bertz CT molecular complexity index is 427. The van der Waals surface area contributed by atoms with Gasteiger partial charge in [0.05, 0.1) is 45.1 Å². The zero-order chi connectivity index (χ0) is 17.9. The van der Waals surface area contributed by atoms with Crippen LogP contribution >= 0.6 is 11.8 Å². The average molecular weight is 375 g/mol. The molecule has 25 heavy (non-hydrogen) atoms. The Morgan fingerprint density at radius 3 is 2.80 bits per heavy atom. The number of carbonyl (C=O) groups excluding carboxylic acids is 2. The van der Waals surface area contributed by atoms with Crippen molar-refractivity contribution in [1.82, 2.24) is 16.0 Å². The molecule has 2 fully saturated rings. The summed E-state index contributed by atoms with van der Waals surface area (Å²) in [6, 6.07) is 0.450. The van der Waals surface area contributed by atoms with Crippen molar-refractivity contribution in [2.75, 3.05) is 45.3 Å². The Labute approximate surface area is 152 Å². The summed E-state index contributed by atoms with van der Waals surface area (Å²) in [5, 5.41) is 17.7. The van der Waals surface area contributed by atoms with Crippen molar-refractivity contribution >= 4 is 23.7 Å². The first kappa shape index (κ1) is 20.3. The fourth-order valence-corrected chi connectivity index (χ4v) is 4.56. The van der Waals surface area contributed by atoms with Crippen molar-refractivity contribution in [2.24, 2.45) is 0 Å². The normalized spacial score (nSPS) is 24.7. The van der Waals surface area contributed by atoms with Gasteiger partial charge in [-0.3, -0.25) is 4.79 Å².